The summed E-state index contributed by atoms with van der Waals surface area (Å²) in [7, 11) is 1.64. The molecule has 0 radical (unpaired) electrons. The van der Waals surface area contributed by atoms with Crippen LogP contribution in [0.2, 0.25) is 0 Å². The topological polar surface area (TPSA) is 78.9 Å². The van der Waals surface area contributed by atoms with Crippen LogP contribution in [0, 0.1) is 0 Å². The molecule has 2 aromatic heterocycles. The first-order valence-electron chi connectivity index (χ1n) is 8.86. The molecule has 2 aliphatic rings. The molecule has 2 fully saturated rings. The molecule has 1 aromatic carbocycles. The lowest BCUT2D eigenvalue weighted by Gasteiger charge is -2.06. The fourth-order valence-electron chi connectivity index (χ4n) is 2.98. The summed E-state index contributed by atoms with van der Waals surface area (Å²) in [5.74, 6) is 4.39. The number of methoxy groups -OCH3 is 1. The third-order valence-electron chi connectivity index (χ3n) is 4.68. The Bertz CT molecular complexity index is 912. The molecule has 0 N–H and O–H groups in total. The van der Waals surface area contributed by atoms with Gasteiger partial charge < -0.3 is 13.8 Å². The summed E-state index contributed by atoms with van der Waals surface area (Å²) in [6.45, 7) is 0. The van der Waals surface area contributed by atoms with Gasteiger partial charge in [-0.2, -0.15) is 4.98 Å². The van der Waals surface area contributed by atoms with Gasteiger partial charge in [0.25, 0.3) is 5.89 Å². The van der Waals surface area contributed by atoms with E-state index in [0.717, 1.165) is 16.5 Å². The van der Waals surface area contributed by atoms with Crippen LogP contribution in [0.15, 0.2) is 33.9 Å². The minimum Gasteiger partial charge on any atom is -0.497 e. The van der Waals surface area contributed by atoms with Crippen molar-refractivity contribution in [3.8, 4) is 17.2 Å². The van der Waals surface area contributed by atoms with E-state index >= 15 is 0 Å². The number of ether oxygens (including phenoxy) is 1. The van der Waals surface area contributed by atoms with E-state index in [1.807, 2.05) is 24.3 Å². The minimum atomic E-state index is 0.519. The highest BCUT2D eigenvalue weighted by molar-refractivity contribution is 7.98. The Morgan fingerprint density at radius 3 is 2.65 bits per heavy atom. The van der Waals surface area contributed by atoms with Crippen LogP contribution in [0.5, 0.6) is 5.75 Å². The maximum atomic E-state index is 5.40. The number of nitrogens with zero attached hydrogens (tertiary/aromatic N) is 5. The van der Waals surface area contributed by atoms with Crippen molar-refractivity contribution in [1.82, 2.24) is 24.9 Å². The zero-order valence-corrected chi connectivity index (χ0v) is 15.3. The molecule has 0 atom stereocenters. The zero-order valence-electron chi connectivity index (χ0n) is 14.5. The van der Waals surface area contributed by atoms with Crippen LogP contribution in [0.3, 0.4) is 0 Å². The maximum Gasteiger partial charge on any atom is 0.257 e. The molecule has 0 aliphatic heterocycles. The standard InChI is InChI=1S/C18H19N5O2S/c1-24-14-8-4-12(5-9-14)17-19-15(22-25-17)10-26-18-21-20-16(11-2-3-11)23(18)13-6-7-13/h4-5,8-9,11,13H,2-3,6-7,10H2,1H3. The molecule has 2 aliphatic carbocycles. The normalized spacial score (nSPS) is 16.8. The van der Waals surface area contributed by atoms with Gasteiger partial charge >= 0.3 is 0 Å². The number of rotatable bonds is 7. The Hall–Kier alpha value is -2.35. The van der Waals surface area contributed by atoms with Gasteiger partial charge in [-0.15, -0.1) is 10.2 Å². The summed E-state index contributed by atoms with van der Waals surface area (Å²) in [6, 6.07) is 8.17. The lowest BCUT2D eigenvalue weighted by Crippen LogP contribution is -2.02. The van der Waals surface area contributed by atoms with Crippen LogP contribution in [-0.4, -0.2) is 32.0 Å². The van der Waals surface area contributed by atoms with Crippen LogP contribution >= 0.6 is 11.8 Å². The van der Waals surface area contributed by atoms with Crippen LogP contribution in [0.4, 0.5) is 0 Å². The van der Waals surface area contributed by atoms with Crippen LogP contribution in [0.25, 0.3) is 11.5 Å². The molecular weight excluding hydrogens is 350 g/mol. The highest BCUT2D eigenvalue weighted by Crippen LogP contribution is 2.46. The lowest BCUT2D eigenvalue weighted by molar-refractivity contribution is 0.414. The van der Waals surface area contributed by atoms with Gasteiger partial charge in [0.05, 0.1) is 12.9 Å². The summed E-state index contributed by atoms with van der Waals surface area (Å²) < 4.78 is 12.9. The van der Waals surface area contributed by atoms with E-state index in [1.54, 1.807) is 18.9 Å². The number of benzene rings is 1. The molecule has 0 amide bonds. The highest BCUT2D eigenvalue weighted by atomic mass is 32.2. The fraction of sp³-hybridized carbons (Fsp3) is 0.444. The summed E-state index contributed by atoms with van der Waals surface area (Å²) in [5, 5.41) is 13.9. The molecular formula is C18H19N5O2S. The Balaban J connectivity index is 1.30. The molecule has 5 rings (SSSR count). The summed E-state index contributed by atoms with van der Waals surface area (Å²) in [4.78, 5) is 4.50. The molecule has 2 heterocycles. The molecule has 8 heteroatoms. The molecule has 0 bridgehead atoms. The Morgan fingerprint density at radius 2 is 1.96 bits per heavy atom. The van der Waals surface area contributed by atoms with Crippen LogP contribution in [0.1, 0.15) is 49.3 Å². The van der Waals surface area contributed by atoms with Crippen molar-refractivity contribution >= 4 is 11.8 Å². The second-order valence-electron chi connectivity index (χ2n) is 6.75. The maximum absolute atomic E-state index is 5.40. The zero-order chi connectivity index (χ0) is 17.5. The van der Waals surface area contributed by atoms with E-state index in [4.69, 9.17) is 9.26 Å². The van der Waals surface area contributed by atoms with Gasteiger partial charge in [0, 0.05) is 17.5 Å². The third kappa shape index (κ3) is 3.09. The van der Waals surface area contributed by atoms with E-state index in [1.165, 1.54) is 31.5 Å². The van der Waals surface area contributed by atoms with E-state index in [9.17, 15) is 0 Å². The summed E-state index contributed by atoms with van der Waals surface area (Å²) in [5.41, 5.74) is 0.881. The van der Waals surface area contributed by atoms with Gasteiger partial charge in [0.2, 0.25) is 0 Å². The summed E-state index contributed by atoms with van der Waals surface area (Å²) >= 11 is 1.63. The number of aromatic nitrogens is 5. The largest absolute Gasteiger partial charge is 0.497 e. The van der Waals surface area contributed by atoms with E-state index in [2.05, 4.69) is 24.9 Å². The van der Waals surface area contributed by atoms with Crippen molar-refractivity contribution < 1.29 is 9.26 Å². The highest BCUT2D eigenvalue weighted by Gasteiger charge is 2.36. The van der Waals surface area contributed by atoms with Crippen LogP contribution in [-0.2, 0) is 5.75 Å². The first-order valence-corrected chi connectivity index (χ1v) is 9.85. The quantitative estimate of drug-likeness (QED) is 0.585. The average molecular weight is 369 g/mol. The van der Waals surface area contributed by atoms with Crippen molar-refractivity contribution in [2.24, 2.45) is 0 Å². The Labute approximate surface area is 155 Å². The first-order chi connectivity index (χ1) is 12.8. The van der Waals surface area contributed by atoms with Gasteiger partial charge in [-0.3, -0.25) is 0 Å². The number of hydrogen-bond acceptors (Lipinski definition) is 7. The van der Waals surface area contributed by atoms with Gasteiger partial charge in [0.1, 0.15) is 11.6 Å². The predicted octanol–water partition coefficient (Wildman–Crippen LogP) is 3.84. The molecule has 0 spiro atoms. The minimum absolute atomic E-state index is 0.519. The fourth-order valence-corrected chi connectivity index (χ4v) is 3.83. The molecule has 26 heavy (non-hydrogen) atoms. The SMILES string of the molecule is COc1ccc(-c2nc(CSc3nnc(C4CC4)n3C3CC3)no2)cc1. The number of thioether (sulfide) groups is 1. The van der Waals surface area contributed by atoms with Gasteiger partial charge in [-0.25, -0.2) is 0 Å². The average Bonchev–Trinajstić information content (AvgIpc) is 3.61. The van der Waals surface area contributed by atoms with E-state index in [0.29, 0.717) is 29.4 Å². The Morgan fingerprint density at radius 1 is 1.15 bits per heavy atom. The second-order valence-corrected chi connectivity index (χ2v) is 7.69. The van der Waals surface area contributed by atoms with Crippen molar-refractivity contribution in [2.45, 2.75) is 48.6 Å². The smallest absolute Gasteiger partial charge is 0.257 e. The van der Waals surface area contributed by atoms with Crippen LogP contribution < -0.4 is 4.74 Å². The van der Waals surface area contributed by atoms with Gasteiger partial charge in [-0.05, 0) is 49.9 Å². The molecule has 7 nitrogen and oxygen atoms in total. The van der Waals surface area contributed by atoms with Crippen molar-refractivity contribution in [1.29, 1.82) is 0 Å². The van der Waals surface area contributed by atoms with E-state index in [-0.39, 0.29) is 0 Å². The molecule has 2 saturated carbocycles. The second kappa shape index (κ2) is 6.42. The third-order valence-corrected chi connectivity index (χ3v) is 5.62. The molecule has 3 aromatic rings. The predicted molar refractivity (Wildman–Crippen MR) is 96.1 cm³/mol. The van der Waals surface area contributed by atoms with Crippen molar-refractivity contribution in [2.75, 3.05) is 7.11 Å². The lowest BCUT2D eigenvalue weighted by atomic mass is 10.2. The monoisotopic (exact) mass is 369 g/mol. The van der Waals surface area contributed by atoms with Gasteiger partial charge in [0.15, 0.2) is 11.0 Å². The first kappa shape index (κ1) is 15.9. The van der Waals surface area contributed by atoms with Gasteiger partial charge in [-0.1, -0.05) is 16.9 Å². The Kier molecular flexibility index (Phi) is 3.92. The molecule has 134 valence electrons. The number of hydrogen-bond donors (Lipinski definition) is 0. The molecule has 0 saturated heterocycles. The van der Waals surface area contributed by atoms with Crippen molar-refractivity contribution in [3.63, 3.8) is 0 Å². The summed E-state index contributed by atoms with van der Waals surface area (Å²) in [6.07, 6.45) is 4.95. The molecule has 0 unspecified atom stereocenters. The van der Waals surface area contributed by atoms with Crippen molar-refractivity contribution in [3.05, 3.63) is 35.9 Å². The van der Waals surface area contributed by atoms with E-state index < -0.39 is 0 Å².